The van der Waals surface area contributed by atoms with Crippen LogP contribution in [0.3, 0.4) is 0 Å². The maximum Gasteiger partial charge on any atom is 0.335 e. The summed E-state index contributed by atoms with van der Waals surface area (Å²) in [6, 6.07) is 9.46. The highest BCUT2D eigenvalue weighted by atomic mass is 16.5. The first-order valence-corrected chi connectivity index (χ1v) is 7.40. The Morgan fingerprint density at radius 3 is 2.12 bits per heavy atom. The topological polar surface area (TPSA) is 94.1 Å². The summed E-state index contributed by atoms with van der Waals surface area (Å²) in [5, 5.41) is 11.7. The number of hydrogen-bond acceptors (Lipinski definition) is 5. The van der Waals surface area contributed by atoms with Gasteiger partial charge in [0.2, 0.25) is 5.75 Å². The van der Waals surface area contributed by atoms with E-state index in [0.29, 0.717) is 28.4 Å². The average molecular weight is 345 g/mol. The van der Waals surface area contributed by atoms with Gasteiger partial charge in [-0.05, 0) is 29.8 Å². The predicted molar refractivity (Wildman–Crippen MR) is 90.7 cm³/mol. The van der Waals surface area contributed by atoms with Crippen LogP contribution in [0.2, 0.25) is 0 Å². The van der Waals surface area contributed by atoms with Crippen molar-refractivity contribution in [3.8, 4) is 17.2 Å². The van der Waals surface area contributed by atoms with Gasteiger partial charge in [-0.2, -0.15) is 0 Å². The number of carboxylic acid groups (broad SMARTS) is 1. The van der Waals surface area contributed by atoms with Crippen LogP contribution in [0.15, 0.2) is 36.4 Å². The SMILES string of the molecule is COc1cc(C(=O)NCc2cccc(C(=O)O)c2)cc(OC)c1OC. The number of rotatable bonds is 7. The Labute approximate surface area is 145 Å². The molecular weight excluding hydrogens is 326 g/mol. The van der Waals surface area contributed by atoms with Gasteiger partial charge in [0.05, 0.1) is 26.9 Å². The third-order valence-corrected chi connectivity index (χ3v) is 3.55. The number of ether oxygens (including phenoxy) is 3. The lowest BCUT2D eigenvalue weighted by molar-refractivity contribution is 0.0696. The van der Waals surface area contributed by atoms with Crippen LogP contribution in [0.5, 0.6) is 17.2 Å². The number of nitrogens with one attached hydrogen (secondary N) is 1. The zero-order valence-electron chi connectivity index (χ0n) is 14.2. The van der Waals surface area contributed by atoms with Crippen LogP contribution >= 0.6 is 0 Å². The molecule has 0 aliphatic heterocycles. The van der Waals surface area contributed by atoms with Gasteiger partial charge in [-0.3, -0.25) is 4.79 Å². The van der Waals surface area contributed by atoms with Crippen LogP contribution in [0.4, 0.5) is 0 Å². The molecule has 0 radical (unpaired) electrons. The summed E-state index contributed by atoms with van der Waals surface area (Å²) in [5.41, 5.74) is 1.18. The first-order chi connectivity index (χ1) is 12.0. The van der Waals surface area contributed by atoms with Gasteiger partial charge in [0.1, 0.15) is 0 Å². The number of hydrogen-bond donors (Lipinski definition) is 2. The number of amides is 1. The van der Waals surface area contributed by atoms with Gasteiger partial charge in [0, 0.05) is 12.1 Å². The van der Waals surface area contributed by atoms with Crippen LogP contribution in [-0.2, 0) is 6.54 Å². The second kappa shape index (κ2) is 8.05. The number of carboxylic acids is 1. The van der Waals surface area contributed by atoms with Gasteiger partial charge in [0.15, 0.2) is 11.5 Å². The molecule has 2 rings (SSSR count). The molecule has 0 aliphatic rings. The molecule has 1 amide bonds. The van der Waals surface area contributed by atoms with Crippen molar-refractivity contribution in [2.24, 2.45) is 0 Å². The average Bonchev–Trinajstić information content (AvgIpc) is 2.64. The first-order valence-electron chi connectivity index (χ1n) is 7.40. The van der Waals surface area contributed by atoms with Crippen LogP contribution < -0.4 is 19.5 Å². The summed E-state index contributed by atoms with van der Waals surface area (Å²) >= 11 is 0. The zero-order valence-corrected chi connectivity index (χ0v) is 14.2. The van der Waals surface area contributed by atoms with Crippen molar-refractivity contribution in [2.45, 2.75) is 6.54 Å². The predicted octanol–water partition coefficient (Wildman–Crippen LogP) is 2.34. The number of carbonyl (C=O) groups excluding carboxylic acids is 1. The van der Waals surface area contributed by atoms with E-state index >= 15 is 0 Å². The Kier molecular flexibility index (Phi) is 5.84. The molecule has 0 fully saturated rings. The first kappa shape index (κ1) is 18.1. The van der Waals surface area contributed by atoms with E-state index in [0.717, 1.165) is 0 Å². The number of benzene rings is 2. The molecule has 2 N–H and O–H groups in total. The molecule has 0 aliphatic carbocycles. The number of methoxy groups -OCH3 is 3. The molecule has 0 saturated heterocycles. The molecular formula is C18H19NO6. The molecule has 25 heavy (non-hydrogen) atoms. The van der Waals surface area contributed by atoms with Crippen molar-refractivity contribution in [1.29, 1.82) is 0 Å². The van der Waals surface area contributed by atoms with Crippen molar-refractivity contribution in [2.75, 3.05) is 21.3 Å². The van der Waals surface area contributed by atoms with Crippen molar-refractivity contribution >= 4 is 11.9 Å². The molecule has 0 saturated carbocycles. The maximum atomic E-state index is 12.4. The van der Waals surface area contributed by atoms with Crippen molar-refractivity contribution in [1.82, 2.24) is 5.32 Å². The number of aromatic carboxylic acids is 1. The lowest BCUT2D eigenvalue weighted by Gasteiger charge is -2.14. The molecule has 2 aromatic rings. The second-order valence-electron chi connectivity index (χ2n) is 5.10. The minimum atomic E-state index is -1.02. The van der Waals surface area contributed by atoms with E-state index in [1.165, 1.54) is 33.5 Å². The fraction of sp³-hybridized carbons (Fsp3) is 0.222. The van der Waals surface area contributed by atoms with E-state index in [-0.39, 0.29) is 18.0 Å². The molecule has 0 spiro atoms. The highest BCUT2D eigenvalue weighted by Crippen LogP contribution is 2.38. The van der Waals surface area contributed by atoms with Crippen LogP contribution in [-0.4, -0.2) is 38.3 Å². The molecule has 0 unspecified atom stereocenters. The fourth-order valence-corrected chi connectivity index (χ4v) is 2.31. The van der Waals surface area contributed by atoms with Crippen LogP contribution in [0, 0.1) is 0 Å². The Morgan fingerprint density at radius 1 is 0.960 bits per heavy atom. The summed E-state index contributed by atoms with van der Waals surface area (Å²) in [4.78, 5) is 23.4. The van der Waals surface area contributed by atoms with Gasteiger partial charge in [-0.15, -0.1) is 0 Å². The highest BCUT2D eigenvalue weighted by molar-refractivity contribution is 5.95. The van der Waals surface area contributed by atoms with E-state index in [9.17, 15) is 9.59 Å². The Balaban J connectivity index is 2.18. The fourth-order valence-electron chi connectivity index (χ4n) is 2.31. The van der Waals surface area contributed by atoms with Gasteiger partial charge >= 0.3 is 5.97 Å². The van der Waals surface area contributed by atoms with Gasteiger partial charge in [-0.25, -0.2) is 4.79 Å². The van der Waals surface area contributed by atoms with Crippen molar-refractivity contribution < 1.29 is 28.9 Å². The Morgan fingerprint density at radius 2 is 1.60 bits per heavy atom. The maximum absolute atomic E-state index is 12.4. The van der Waals surface area contributed by atoms with Crippen LogP contribution in [0.25, 0.3) is 0 Å². The summed E-state index contributed by atoms with van der Waals surface area (Å²) < 4.78 is 15.7. The highest BCUT2D eigenvalue weighted by Gasteiger charge is 2.17. The summed E-state index contributed by atoms with van der Waals surface area (Å²) in [7, 11) is 4.42. The van der Waals surface area contributed by atoms with Crippen LogP contribution in [0.1, 0.15) is 26.3 Å². The van der Waals surface area contributed by atoms with E-state index in [1.807, 2.05) is 0 Å². The molecule has 2 aromatic carbocycles. The van der Waals surface area contributed by atoms with E-state index in [1.54, 1.807) is 24.3 Å². The lowest BCUT2D eigenvalue weighted by Crippen LogP contribution is -2.23. The third-order valence-electron chi connectivity index (χ3n) is 3.55. The summed E-state index contributed by atoms with van der Waals surface area (Å²) in [6.07, 6.45) is 0. The van der Waals surface area contributed by atoms with Gasteiger partial charge in [0.25, 0.3) is 5.91 Å². The van der Waals surface area contributed by atoms with E-state index in [2.05, 4.69) is 5.32 Å². The lowest BCUT2D eigenvalue weighted by atomic mass is 10.1. The molecule has 7 nitrogen and oxygen atoms in total. The summed E-state index contributed by atoms with van der Waals surface area (Å²) in [6.45, 7) is 0.191. The molecule has 0 aromatic heterocycles. The largest absolute Gasteiger partial charge is 0.493 e. The van der Waals surface area contributed by atoms with Crippen molar-refractivity contribution in [3.05, 3.63) is 53.1 Å². The Bertz CT molecular complexity index is 762. The quantitative estimate of drug-likeness (QED) is 0.800. The smallest absolute Gasteiger partial charge is 0.335 e. The second-order valence-corrected chi connectivity index (χ2v) is 5.10. The Hall–Kier alpha value is -3.22. The molecule has 0 atom stereocenters. The van der Waals surface area contributed by atoms with Gasteiger partial charge < -0.3 is 24.6 Å². The minimum absolute atomic E-state index is 0.166. The molecule has 0 bridgehead atoms. The number of carbonyl (C=O) groups is 2. The monoisotopic (exact) mass is 345 g/mol. The molecule has 0 heterocycles. The molecule has 7 heteroatoms. The minimum Gasteiger partial charge on any atom is -0.493 e. The normalized spacial score (nSPS) is 10.0. The van der Waals surface area contributed by atoms with Crippen molar-refractivity contribution in [3.63, 3.8) is 0 Å². The van der Waals surface area contributed by atoms with E-state index < -0.39 is 5.97 Å². The summed E-state index contributed by atoms with van der Waals surface area (Å²) in [5.74, 6) is -0.215. The van der Waals surface area contributed by atoms with E-state index in [4.69, 9.17) is 19.3 Å². The third kappa shape index (κ3) is 4.20. The zero-order chi connectivity index (χ0) is 18.4. The molecule has 132 valence electrons. The standard InChI is InChI=1S/C18H19NO6/c1-23-14-8-13(9-15(24-2)16(14)25-3)17(20)19-10-11-5-4-6-12(7-11)18(21)22/h4-9H,10H2,1-3H3,(H,19,20)(H,21,22). The van der Waals surface area contributed by atoms with Gasteiger partial charge in [-0.1, -0.05) is 12.1 Å².